The lowest BCUT2D eigenvalue weighted by atomic mass is 10.2. The van der Waals surface area contributed by atoms with Gasteiger partial charge in [-0.25, -0.2) is 4.98 Å². The van der Waals surface area contributed by atoms with E-state index in [-0.39, 0.29) is 12.6 Å². The van der Waals surface area contributed by atoms with Gasteiger partial charge in [0.05, 0.1) is 18.7 Å². The van der Waals surface area contributed by atoms with Crippen LogP contribution in [0.25, 0.3) is 10.9 Å². The summed E-state index contributed by atoms with van der Waals surface area (Å²) in [4.78, 5) is 10.5. The quantitative estimate of drug-likeness (QED) is 0.795. The Morgan fingerprint density at radius 2 is 2.05 bits per heavy atom. The van der Waals surface area contributed by atoms with Gasteiger partial charge in [-0.15, -0.1) is 0 Å². The Balaban J connectivity index is 2.45. The summed E-state index contributed by atoms with van der Waals surface area (Å²) in [5, 5.41) is 10.1. The molecule has 0 saturated carbocycles. The van der Waals surface area contributed by atoms with Crippen molar-refractivity contribution in [3.8, 4) is 0 Å². The predicted molar refractivity (Wildman–Crippen MR) is 75.1 cm³/mol. The molecule has 2 rings (SSSR count). The lowest BCUT2D eigenvalue weighted by Crippen LogP contribution is -2.31. The molecule has 0 fully saturated rings. The van der Waals surface area contributed by atoms with Gasteiger partial charge >= 0.3 is 0 Å². The summed E-state index contributed by atoms with van der Waals surface area (Å²) in [6.45, 7) is 1.71. The van der Waals surface area contributed by atoms with Gasteiger partial charge in [-0.1, -0.05) is 12.1 Å². The molecule has 0 unspecified atom stereocenters. The first-order chi connectivity index (χ1) is 9.26. The van der Waals surface area contributed by atoms with Gasteiger partial charge < -0.3 is 20.5 Å². The number of para-hydroxylation sites is 1. The standard InChI is InChI=1S/C13H18N4O2/c1-19-9-7-17(6-8-18)12-10-4-2-3-5-11(10)15-13(14)16-12/h2-5,18H,6-9H2,1H3,(H2,14,15,16). The highest BCUT2D eigenvalue weighted by atomic mass is 16.5. The second kappa shape index (κ2) is 6.31. The second-order valence-corrected chi connectivity index (χ2v) is 4.13. The van der Waals surface area contributed by atoms with E-state index in [1.807, 2.05) is 29.2 Å². The van der Waals surface area contributed by atoms with Crippen molar-refractivity contribution in [1.29, 1.82) is 0 Å². The Bertz CT molecular complexity index is 547. The summed E-state index contributed by atoms with van der Waals surface area (Å²) in [5.74, 6) is 0.961. The molecule has 0 aliphatic carbocycles. The zero-order valence-electron chi connectivity index (χ0n) is 10.9. The summed E-state index contributed by atoms with van der Waals surface area (Å²) in [6.07, 6.45) is 0. The van der Waals surface area contributed by atoms with Crippen molar-refractivity contribution in [3.05, 3.63) is 24.3 Å². The van der Waals surface area contributed by atoms with Gasteiger partial charge in [-0.05, 0) is 12.1 Å². The lowest BCUT2D eigenvalue weighted by molar-refractivity contribution is 0.202. The summed E-state index contributed by atoms with van der Waals surface area (Å²) >= 11 is 0. The third-order valence-corrected chi connectivity index (χ3v) is 2.84. The number of fused-ring (bicyclic) bond motifs is 1. The molecule has 19 heavy (non-hydrogen) atoms. The fourth-order valence-electron chi connectivity index (χ4n) is 1.96. The van der Waals surface area contributed by atoms with E-state index >= 15 is 0 Å². The average Bonchev–Trinajstić information content (AvgIpc) is 2.42. The van der Waals surface area contributed by atoms with Crippen LogP contribution in [0.3, 0.4) is 0 Å². The molecule has 0 bridgehead atoms. The second-order valence-electron chi connectivity index (χ2n) is 4.13. The monoisotopic (exact) mass is 262 g/mol. The van der Waals surface area contributed by atoms with Crippen LogP contribution in [0, 0.1) is 0 Å². The molecule has 0 aliphatic heterocycles. The molecule has 6 nitrogen and oxygen atoms in total. The molecule has 2 aromatic rings. The average molecular weight is 262 g/mol. The van der Waals surface area contributed by atoms with Crippen molar-refractivity contribution >= 4 is 22.7 Å². The van der Waals surface area contributed by atoms with Crippen LogP contribution in [0.2, 0.25) is 0 Å². The molecular formula is C13H18N4O2. The first kappa shape index (κ1) is 13.5. The number of ether oxygens (including phenoxy) is 1. The summed E-state index contributed by atoms with van der Waals surface area (Å²) in [5.41, 5.74) is 6.54. The summed E-state index contributed by atoms with van der Waals surface area (Å²) < 4.78 is 5.08. The number of nitrogens with zero attached hydrogens (tertiary/aromatic N) is 3. The minimum Gasteiger partial charge on any atom is -0.395 e. The van der Waals surface area contributed by atoms with Crippen LogP contribution in [0.1, 0.15) is 0 Å². The first-order valence-electron chi connectivity index (χ1n) is 6.13. The number of rotatable bonds is 6. The molecule has 1 heterocycles. The lowest BCUT2D eigenvalue weighted by Gasteiger charge is -2.23. The van der Waals surface area contributed by atoms with E-state index in [1.165, 1.54) is 0 Å². The van der Waals surface area contributed by atoms with Crippen LogP contribution < -0.4 is 10.6 Å². The molecular weight excluding hydrogens is 244 g/mol. The van der Waals surface area contributed by atoms with Crippen molar-refractivity contribution in [3.63, 3.8) is 0 Å². The van der Waals surface area contributed by atoms with Gasteiger partial charge in [-0.2, -0.15) is 4.98 Å². The van der Waals surface area contributed by atoms with E-state index in [2.05, 4.69) is 9.97 Å². The van der Waals surface area contributed by atoms with E-state index in [9.17, 15) is 5.11 Å². The Hall–Kier alpha value is -1.92. The van der Waals surface area contributed by atoms with Gasteiger partial charge in [0.2, 0.25) is 5.95 Å². The molecule has 0 spiro atoms. The number of aromatic nitrogens is 2. The van der Waals surface area contributed by atoms with Gasteiger partial charge in [0.25, 0.3) is 0 Å². The zero-order valence-corrected chi connectivity index (χ0v) is 10.9. The summed E-state index contributed by atoms with van der Waals surface area (Å²) in [6, 6.07) is 7.68. The Morgan fingerprint density at radius 1 is 1.26 bits per heavy atom. The van der Waals surface area contributed by atoms with Crippen LogP contribution in [-0.2, 0) is 4.74 Å². The van der Waals surface area contributed by atoms with Crippen LogP contribution in [0.5, 0.6) is 0 Å². The molecule has 0 radical (unpaired) electrons. The van der Waals surface area contributed by atoms with E-state index in [4.69, 9.17) is 10.5 Å². The van der Waals surface area contributed by atoms with Crippen LogP contribution >= 0.6 is 0 Å². The molecule has 0 atom stereocenters. The number of benzene rings is 1. The van der Waals surface area contributed by atoms with Crippen molar-refractivity contribution in [1.82, 2.24) is 9.97 Å². The molecule has 0 saturated heterocycles. The normalized spacial score (nSPS) is 10.8. The SMILES string of the molecule is COCCN(CCO)c1nc(N)nc2ccccc12. The van der Waals surface area contributed by atoms with E-state index in [0.29, 0.717) is 19.7 Å². The number of nitrogens with two attached hydrogens (primary N) is 1. The number of methoxy groups -OCH3 is 1. The maximum absolute atomic E-state index is 9.18. The predicted octanol–water partition coefficient (Wildman–Crippen LogP) is 0.657. The largest absolute Gasteiger partial charge is 0.395 e. The Kier molecular flexibility index (Phi) is 4.48. The van der Waals surface area contributed by atoms with Crippen LogP contribution in [0.15, 0.2) is 24.3 Å². The van der Waals surface area contributed by atoms with Gasteiger partial charge in [0.15, 0.2) is 0 Å². The Morgan fingerprint density at radius 3 is 2.79 bits per heavy atom. The number of hydrogen-bond donors (Lipinski definition) is 2. The number of hydrogen-bond acceptors (Lipinski definition) is 6. The topological polar surface area (TPSA) is 84.5 Å². The van der Waals surface area contributed by atoms with Crippen molar-refractivity contribution in [2.24, 2.45) is 0 Å². The van der Waals surface area contributed by atoms with Crippen LogP contribution in [0.4, 0.5) is 11.8 Å². The minimum absolute atomic E-state index is 0.0436. The van der Waals surface area contributed by atoms with Crippen molar-refractivity contribution in [2.75, 3.05) is 44.0 Å². The maximum atomic E-state index is 9.18. The smallest absolute Gasteiger partial charge is 0.222 e. The van der Waals surface area contributed by atoms with E-state index in [1.54, 1.807) is 7.11 Å². The third kappa shape index (κ3) is 3.10. The Labute approximate surface area is 111 Å². The maximum Gasteiger partial charge on any atom is 0.222 e. The zero-order chi connectivity index (χ0) is 13.7. The van der Waals surface area contributed by atoms with Gasteiger partial charge in [0.1, 0.15) is 5.82 Å². The van der Waals surface area contributed by atoms with Crippen LogP contribution in [-0.4, -0.2) is 48.5 Å². The first-order valence-corrected chi connectivity index (χ1v) is 6.13. The minimum atomic E-state index is 0.0436. The van der Waals surface area contributed by atoms with E-state index < -0.39 is 0 Å². The van der Waals surface area contributed by atoms with Gasteiger partial charge in [0, 0.05) is 25.6 Å². The molecule has 0 aliphatic rings. The van der Waals surface area contributed by atoms with Crippen molar-refractivity contribution in [2.45, 2.75) is 0 Å². The summed E-state index contributed by atoms with van der Waals surface area (Å²) in [7, 11) is 1.64. The fraction of sp³-hybridized carbons (Fsp3) is 0.385. The number of anilines is 2. The van der Waals surface area contributed by atoms with E-state index in [0.717, 1.165) is 16.7 Å². The fourth-order valence-corrected chi connectivity index (χ4v) is 1.96. The van der Waals surface area contributed by atoms with Gasteiger partial charge in [-0.3, -0.25) is 0 Å². The number of aliphatic hydroxyl groups is 1. The van der Waals surface area contributed by atoms with Crippen molar-refractivity contribution < 1.29 is 9.84 Å². The molecule has 6 heteroatoms. The highest BCUT2D eigenvalue weighted by Gasteiger charge is 2.13. The third-order valence-electron chi connectivity index (χ3n) is 2.84. The highest BCUT2D eigenvalue weighted by molar-refractivity contribution is 5.90. The number of aliphatic hydroxyl groups excluding tert-OH is 1. The molecule has 1 aromatic heterocycles. The highest BCUT2D eigenvalue weighted by Crippen LogP contribution is 2.24. The number of nitrogen functional groups attached to an aromatic ring is 1. The molecule has 1 aromatic carbocycles. The molecule has 0 amide bonds. The molecule has 102 valence electrons. The molecule has 3 N–H and O–H groups in total.